The van der Waals surface area contributed by atoms with E-state index in [0.717, 1.165) is 41.1 Å². The highest BCUT2D eigenvalue weighted by Gasteiger charge is 2.17. The maximum Gasteiger partial charge on any atom is 0.346 e. The van der Waals surface area contributed by atoms with E-state index < -0.39 is 9.84 Å². The van der Waals surface area contributed by atoms with Crippen molar-refractivity contribution in [1.82, 2.24) is 19.3 Å². The van der Waals surface area contributed by atoms with Crippen molar-refractivity contribution in [3.8, 4) is 11.3 Å². The summed E-state index contributed by atoms with van der Waals surface area (Å²) >= 11 is 0. The Morgan fingerprint density at radius 2 is 1.47 bits per heavy atom. The Hall–Kier alpha value is -4.30. The van der Waals surface area contributed by atoms with Crippen LogP contribution in [0.2, 0.25) is 0 Å². The second kappa shape index (κ2) is 13.4. The van der Waals surface area contributed by atoms with E-state index in [0.29, 0.717) is 30.1 Å². The van der Waals surface area contributed by atoms with Gasteiger partial charge >= 0.3 is 5.69 Å². The lowest BCUT2D eigenvalue weighted by Crippen LogP contribution is -2.25. The number of benzene rings is 3. The first-order valence-electron chi connectivity index (χ1n) is 15.5. The molecule has 0 saturated heterocycles. The molecule has 8 heteroatoms. The SMILES string of the molecule is CCn1c(CCCc2ccc(-c3cccc(CS(=O)(=O)c4ccc(C)cc4)n3)cc2)nn(Cc2ccc(C(C)(C)C)cc2)c1=O. The fraction of sp³-hybridized carbons (Fsp3) is 0.324. The van der Waals surface area contributed by atoms with Gasteiger partial charge in [-0.1, -0.05) is 93.1 Å². The molecule has 0 unspecified atom stereocenters. The number of hydrogen-bond donors (Lipinski definition) is 0. The molecule has 45 heavy (non-hydrogen) atoms. The van der Waals surface area contributed by atoms with Crippen molar-refractivity contribution in [2.45, 2.75) is 83.0 Å². The average Bonchev–Trinajstić information content (AvgIpc) is 3.30. The lowest BCUT2D eigenvalue weighted by molar-refractivity contribution is 0.588. The van der Waals surface area contributed by atoms with Gasteiger partial charge in [-0.2, -0.15) is 5.10 Å². The van der Waals surface area contributed by atoms with Gasteiger partial charge in [0.1, 0.15) is 5.82 Å². The summed E-state index contributed by atoms with van der Waals surface area (Å²) < 4.78 is 29.2. The molecule has 0 spiro atoms. The third kappa shape index (κ3) is 7.87. The summed E-state index contributed by atoms with van der Waals surface area (Å²) in [5.41, 5.74) is 6.72. The summed E-state index contributed by atoms with van der Waals surface area (Å²) in [6.45, 7) is 11.5. The molecule has 5 rings (SSSR count). The molecule has 0 aliphatic rings. The highest BCUT2D eigenvalue weighted by atomic mass is 32.2. The van der Waals surface area contributed by atoms with E-state index in [4.69, 9.17) is 5.10 Å². The number of aryl methyl sites for hydroxylation is 3. The lowest BCUT2D eigenvalue weighted by atomic mass is 9.87. The van der Waals surface area contributed by atoms with Gasteiger partial charge in [0.25, 0.3) is 0 Å². The van der Waals surface area contributed by atoms with Crippen LogP contribution >= 0.6 is 0 Å². The Morgan fingerprint density at radius 1 is 0.800 bits per heavy atom. The van der Waals surface area contributed by atoms with E-state index in [-0.39, 0.29) is 16.9 Å². The van der Waals surface area contributed by atoms with E-state index in [2.05, 4.69) is 62.2 Å². The number of hydrogen-bond acceptors (Lipinski definition) is 5. The third-order valence-electron chi connectivity index (χ3n) is 8.11. The summed E-state index contributed by atoms with van der Waals surface area (Å²) in [5, 5.41) is 4.70. The minimum atomic E-state index is -3.49. The van der Waals surface area contributed by atoms with E-state index in [9.17, 15) is 13.2 Å². The zero-order chi connectivity index (χ0) is 32.2. The van der Waals surface area contributed by atoms with Crippen molar-refractivity contribution in [1.29, 1.82) is 0 Å². The fourth-order valence-electron chi connectivity index (χ4n) is 5.41. The van der Waals surface area contributed by atoms with Crippen LogP contribution in [0.15, 0.2) is 101 Å². The Morgan fingerprint density at radius 3 is 2.11 bits per heavy atom. The lowest BCUT2D eigenvalue weighted by Gasteiger charge is -2.19. The molecule has 0 aliphatic carbocycles. The molecule has 0 aliphatic heterocycles. The molecule has 2 heterocycles. The molecule has 2 aromatic heterocycles. The molecule has 0 amide bonds. The first kappa shape index (κ1) is 32.1. The van der Waals surface area contributed by atoms with Gasteiger partial charge in [-0.3, -0.25) is 9.55 Å². The van der Waals surface area contributed by atoms with Crippen LogP contribution in [0.5, 0.6) is 0 Å². The standard InChI is InChI=1S/C37H42N4O3S/c1-6-40-35(39-41(36(40)42)25-29-17-21-31(22-18-29)37(3,4)5)12-7-9-28-15-19-30(20-16-28)34-11-8-10-32(38-34)26-45(43,44)33-23-13-27(2)14-24-33/h8,10-11,13-24H,6-7,9,12,25-26H2,1-5H3. The molecular formula is C37H42N4O3S. The minimum Gasteiger partial charge on any atom is -0.279 e. The van der Waals surface area contributed by atoms with Gasteiger partial charge in [0.2, 0.25) is 0 Å². The number of rotatable bonds is 11. The van der Waals surface area contributed by atoms with Gasteiger partial charge in [0, 0.05) is 18.5 Å². The van der Waals surface area contributed by atoms with Crippen LogP contribution in [-0.2, 0) is 46.9 Å². The molecule has 0 N–H and O–H groups in total. The average molecular weight is 623 g/mol. The van der Waals surface area contributed by atoms with Crippen LogP contribution in [-0.4, -0.2) is 27.7 Å². The first-order valence-corrected chi connectivity index (χ1v) is 17.2. The van der Waals surface area contributed by atoms with E-state index in [1.807, 2.05) is 50.2 Å². The van der Waals surface area contributed by atoms with Crippen molar-refractivity contribution in [2.24, 2.45) is 0 Å². The predicted octanol–water partition coefficient (Wildman–Crippen LogP) is 6.93. The van der Waals surface area contributed by atoms with E-state index in [1.165, 1.54) is 11.1 Å². The topological polar surface area (TPSA) is 86.8 Å². The first-order chi connectivity index (χ1) is 21.4. The zero-order valence-electron chi connectivity index (χ0n) is 26.8. The molecule has 3 aromatic carbocycles. The van der Waals surface area contributed by atoms with Crippen molar-refractivity contribution >= 4 is 9.84 Å². The van der Waals surface area contributed by atoms with E-state index >= 15 is 0 Å². The summed E-state index contributed by atoms with van der Waals surface area (Å²) in [4.78, 5) is 18.0. The summed E-state index contributed by atoms with van der Waals surface area (Å²) in [7, 11) is -3.49. The highest BCUT2D eigenvalue weighted by Crippen LogP contribution is 2.23. The summed E-state index contributed by atoms with van der Waals surface area (Å²) in [6.07, 6.45) is 2.42. The number of pyridine rings is 1. The summed E-state index contributed by atoms with van der Waals surface area (Å²) in [5.74, 6) is 0.663. The highest BCUT2D eigenvalue weighted by molar-refractivity contribution is 7.90. The van der Waals surface area contributed by atoms with Gasteiger partial charge in [0.15, 0.2) is 9.84 Å². The summed E-state index contributed by atoms with van der Waals surface area (Å²) in [6, 6.07) is 29.1. The number of aromatic nitrogens is 4. The molecule has 7 nitrogen and oxygen atoms in total. The fourth-order valence-corrected chi connectivity index (χ4v) is 6.68. The second-order valence-electron chi connectivity index (χ2n) is 12.7. The van der Waals surface area contributed by atoms with Gasteiger partial charge < -0.3 is 0 Å². The Kier molecular flexibility index (Phi) is 9.53. The molecule has 5 aromatic rings. The number of nitrogens with zero attached hydrogens (tertiary/aromatic N) is 4. The van der Waals surface area contributed by atoms with Gasteiger partial charge in [-0.25, -0.2) is 17.9 Å². The van der Waals surface area contributed by atoms with Gasteiger partial charge in [0.05, 0.1) is 28.6 Å². The van der Waals surface area contributed by atoms with Crippen molar-refractivity contribution in [2.75, 3.05) is 0 Å². The quantitative estimate of drug-likeness (QED) is 0.159. The Labute approximate surface area is 266 Å². The molecular weight excluding hydrogens is 580 g/mol. The van der Waals surface area contributed by atoms with Crippen LogP contribution in [0.1, 0.15) is 67.9 Å². The molecule has 0 saturated carbocycles. The molecule has 0 fully saturated rings. The third-order valence-corrected chi connectivity index (χ3v) is 9.77. The van der Waals surface area contributed by atoms with Crippen molar-refractivity contribution in [3.05, 3.63) is 135 Å². The molecule has 234 valence electrons. The molecule has 0 atom stereocenters. The predicted molar refractivity (Wildman–Crippen MR) is 180 cm³/mol. The monoisotopic (exact) mass is 622 g/mol. The van der Waals surface area contributed by atoms with Crippen LogP contribution in [0.3, 0.4) is 0 Å². The second-order valence-corrected chi connectivity index (χ2v) is 14.7. The Balaban J connectivity index is 1.20. The normalized spacial score (nSPS) is 12.0. The van der Waals surface area contributed by atoms with Crippen LogP contribution in [0.4, 0.5) is 0 Å². The minimum absolute atomic E-state index is 0.0712. The smallest absolute Gasteiger partial charge is 0.279 e. The Bertz CT molecular complexity index is 1910. The van der Waals surface area contributed by atoms with Gasteiger partial charge in [-0.15, -0.1) is 0 Å². The molecule has 0 bridgehead atoms. The van der Waals surface area contributed by atoms with Gasteiger partial charge in [-0.05, 0) is 73.1 Å². The maximum atomic E-state index is 13.1. The maximum absolute atomic E-state index is 13.1. The van der Waals surface area contributed by atoms with Crippen LogP contribution < -0.4 is 5.69 Å². The zero-order valence-corrected chi connectivity index (χ0v) is 27.6. The van der Waals surface area contributed by atoms with Crippen LogP contribution in [0.25, 0.3) is 11.3 Å². The van der Waals surface area contributed by atoms with Crippen LogP contribution in [0, 0.1) is 6.92 Å². The molecule has 0 radical (unpaired) electrons. The number of sulfone groups is 1. The van der Waals surface area contributed by atoms with E-state index in [1.54, 1.807) is 27.4 Å². The largest absolute Gasteiger partial charge is 0.346 e. The van der Waals surface area contributed by atoms with Crippen molar-refractivity contribution < 1.29 is 8.42 Å². The van der Waals surface area contributed by atoms with Crippen molar-refractivity contribution in [3.63, 3.8) is 0 Å².